The predicted molar refractivity (Wildman–Crippen MR) is 130 cm³/mol. The zero-order valence-electron chi connectivity index (χ0n) is 17.7. The number of benzene rings is 2. The average Bonchev–Trinajstić information content (AvgIpc) is 3.11. The number of hydrogen-bond donors (Lipinski definition) is 0. The predicted octanol–water partition coefficient (Wildman–Crippen LogP) is 8.08. The SMILES string of the molecule is CC(C)(C)[NH-].CN1C2=[C-]c3cc(Br)ccc3C2c2ccccc21.C[Si]C.[Cl][Zr+2][Cl]. The molecule has 0 saturated heterocycles. The van der Waals surface area contributed by atoms with Gasteiger partial charge in [0.25, 0.3) is 0 Å². The first-order valence-corrected chi connectivity index (χ1v) is 18.3. The van der Waals surface area contributed by atoms with Gasteiger partial charge in [0, 0.05) is 22.3 Å². The first-order chi connectivity index (χ1) is 13.6. The Hall–Kier alpha value is 0.100. The third kappa shape index (κ3) is 8.27. The molecule has 0 saturated carbocycles. The maximum atomic E-state index is 6.94. The van der Waals surface area contributed by atoms with Gasteiger partial charge in [0.05, 0.1) is 0 Å². The molecule has 0 spiro atoms. The molecule has 0 amide bonds. The van der Waals surface area contributed by atoms with Crippen molar-refractivity contribution in [2.45, 2.75) is 45.3 Å². The van der Waals surface area contributed by atoms with E-state index in [1.165, 1.54) is 28.1 Å². The Morgan fingerprint density at radius 2 is 1.62 bits per heavy atom. The van der Waals surface area contributed by atoms with Gasteiger partial charge < -0.3 is 10.6 Å². The van der Waals surface area contributed by atoms with Gasteiger partial charge >= 0.3 is 37.9 Å². The molecule has 0 aromatic heterocycles. The summed E-state index contributed by atoms with van der Waals surface area (Å²) in [6, 6.07) is 15.1. The molecule has 2 aliphatic rings. The Kier molecular flexibility index (Phi) is 12.0. The molecule has 1 unspecified atom stereocenters. The van der Waals surface area contributed by atoms with E-state index < -0.39 is 20.8 Å². The number of likely N-dealkylation sites (N-methyl/N-ethyl adjacent to an activating group) is 1. The van der Waals surface area contributed by atoms with Crippen LogP contribution in [0.3, 0.4) is 0 Å². The van der Waals surface area contributed by atoms with Crippen molar-refractivity contribution in [3.05, 3.63) is 81.1 Å². The molecule has 2 radical (unpaired) electrons. The van der Waals surface area contributed by atoms with E-state index in [4.69, 9.17) is 22.8 Å². The van der Waals surface area contributed by atoms with E-state index >= 15 is 0 Å². The monoisotopic (exact) mass is 586 g/mol. The van der Waals surface area contributed by atoms with Crippen molar-refractivity contribution in [2.75, 3.05) is 11.9 Å². The number of halogens is 3. The normalized spacial score (nSPS) is 15.0. The van der Waals surface area contributed by atoms with Gasteiger partial charge in [-0.15, -0.1) is 23.2 Å². The molecule has 2 aromatic carbocycles. The number of fused-ring (bicyclic) bond motifs is 5. The van der Waals surface area contributed by atoms with Crippen LogP contribution in [0, 0.1) is 6.08 Å². The fourth-order valence-corrected chi connectivity index (χ4v) is 3.37. The average molecular weight is 590 g/mol. The summed E-state index contributed by atoms with van der Waals surface area (Å²) in [5.74, 6) is 0.370. The summed E-state index contributed by atoms with van der Waals surface area (Å²) in [5.41, 5.74) is 13.2. The van der Waals surface area contributed by atoms with Crippen LogP contribution in [0.1, 0.15) is 43.4 Å². The minimum absolute atomic E-state index is 0.250. The minimum atomic E-state index is -0.826. The number of rotatable bonds is 0. The number of anilines is 1. The molecular weight excluding hydrogens is 562 g/mol. The van der Waals surface area contributed by atoms with Crippen LogP contribution in [0.15, 0.2) is 52.6 Å². The summed E-state index contributed by atoms with van der Waals surface area (Å²) in [5, 5.41) is 0. The molecule has 2 aromatic rings. The Morgan fingerprint density at radius 1 is 1.10 bits per heavy atom. The molecule has 1 aliphatic heterocycles. The van der Waals surface area contributed by atoms with Gasteiger partial charge in [-0.2, -0.15) is 11.6 Å². The number of hydrogen-bond acceptors (Lipinski definition) is 1. The van der Waals surface area contributed by atoms with Crippen LogP contribution in [0.5, 0.6) is 0 Å². The van der Waals surface area contributed by atoms with Crippen LogP contribution in [0.2, 0.25) is 13.1 Å². The quantitative estimate of drug-likeness (QED) is 0.226. The summed E-state index contributed by atoms with van der Waals surface area (Å²) < 4.78 is 1.12. The number of nitrogens with one attached hydrogen (secondary N) is 1. The number of para-hydroxylation sites is 1. The van der Waals surface area contributed by atoms with Crippen LogP contribution in [-0.2, 0) is 20.8 Å². The molecule has 29 heavy (non-hydrogen) atoms. The summed E-state index contributed by atoms with van der Waals surface area (Å²) in [7, 11) is 13.1. The van der Waals surface area contributed by atoms with Crippen LogP contribution < -0.4 is 4.90 Å². The molecule has 1 aliphatic carbocycles. The van der Waals surface area contributed by atoms with Gasteiger partial charge in [0.15, 0.2) is 0 Å². The second-order valence-electron chi connectivity index (χ2n) is 7.61. The number of nitrogens with zero attached hydrogens (tertiary/aromatic N) is 1. The van der Waals surface area contributed by atoms with E-state index in [1.54, 1.807) is 0 Å². The van der Waals surface area contributed by atoms with E-state index in [9.17, 15) is 0 Å². The zero-order chi connectivity index (χ0) is 22.2. The van der Waals surface area contributed by atoms with Gasteiger partial charge in [-0.25, -0.2) is 0 Å². The summed E-state index contributed by atoms with van der Waals surface area (Å²) >= 11 is 2.70. The van der Waals surface area contributed by atoms with Gasteiger partial charge in [-0.3, -0.25) is 0 Å². The molecule has 2 nitrogen and oxygen atoms in total. The molecule has 0 bridgehead atoms. The third-order valence-electron chi connectivity index (χ3n) is 3.83. The van der Waals surface area contributed by atoms with Crippen molar-refractivity contribution in [1.82, 2.24) is 0 Å². The van der Waals surface area contributed by atoms with Crippen molar-refractivity contribution in [3.63, 3.8) is 0 Å². The first-order valence-electron chi connectivity index (χ1n) is 9.14. The molecular formula is C22H27BrCl2N2SiZr. The molecule has 1 atom stereocenters. The Labute approximate surface area is 205 Å². The van der Waals surface area contributed by atoms with Gasteiger partial charge in [-0.05, 0) is 27.7 Å². The Bertz CT molecular complexity index is 817. The summed E-state index contributed by atoms with van der Waals surface area (Å²) in [6.07, 6.45) is 3.55. The fraction of sp³-hybridized carbons (Fsp3) is 0.364. The van der Waals surface area contributed by atoms with E-state index in [-0.39, 0.29) is 5.54 Å². The first kappa shape index (κ1) is 27.1. The molecule has 4 rings (SSSR count). The van der Waals surface area contributed by atoms with Crippen molar-refractivity contribution in [1.29, 1.82) is 0 Å². The van der Waals surface area contributed by atoms with Gasteiger partial charge in [0.2, 0.25) is 0 Å². The summed E-state index contributed by atoms with van der Waals surface area (Å²) in [6.45, 7) is 9.87. The van der Waals surface area contributed by atoms with Crippen molar-refractivity contribution < 1.29 is 20.8 Å². The van der Waals surface area contributed by atoms with E-state index in [1.807, 2.05) is 20.8 Å². The van der Waals surface area contributed by atoms with Crippen molar-refractivity contribution >= 4 is 48.2 Å². The van der Waals surface area contributed by atoms with Crippen LogP contribution in [0.4, 0.5) is 5.69 Å². The van der Waals surface area contributed by atoms with Crippen molar-refractivity contribution in [3.8, 4) is 0 Å². The molecule has 7 heteroatoms. The standard InChI is InChI=1S/C16H11BrN.C4H10N.C2H6Si.2ClH.Zr/c1-18-14-5-3-2-4-13(14)16-12-7-6-11(17)8-10(12)9-15(16)18;1-4(2,3)5;1-3-2;;;/h2-8,16H,1H3;5H,1-3H3;1-2H3;2*1H;/q2*-1;;;;+4/p-2. The maximum absolute atomic E-state index is 6.94. The second kappa shape index (κ2) is 12.8. The fourth-order valence-electron chi connectivity index (χ4n) is 3.01. The molecule has 1 N–H and O–H groups in total. The number of allylic oxidation sites excluding steroid dienone is 1. The molecule has 1 heterocycles. The molecule has 0 fully saturated rings. The van der Waals surface area contributed by atoms with Crippen LogP contribution in [0.25, 0.3) is 5.73 Å². The zero-order valence-corrected chi connectivity index (χ0v) is 24.3. The Balaban J connectivity index is 0.000000323. The van der Waals surface area contributed by atoms with Crippen molar-refractivity contribution in [2.24, 2.45) is 0 Å². The second-order valence-corrected chi connectivity index (χ2v) is 13.3. The van der Waals surface area contributed by atoms with Crippen LogP contribution >= 0.6 is 33.0 Å². The van der Waals surface area contributed by atoms with E-state index in [2.05, 4.69) is 89.5 Å². The third-order valence-corrected chi connectivity index (χ3v) is 4.33. The summed E-state index contributed by atoms with van der Waals surface area (Å²) in [4.78, 5) is 2.26. The van der Waals surface area contributed by atoms with E-state index in [0.29, 0.717) is 5.92 Å². The van der Waals surface area contributed by atoms with Crippen LogP contribution in [-0.4, -0.2) is 22.1 Å². The van der Waals surface area contributed by atoms with Gasteiger partial charge in [-0.1, -0.05) is 74.1 Å². The Morgan fingerprint density at radius 3 is 2.17 bits per heavy atom. The molecule has 154 valence electrons. The van der Waals surface area contributed by atoms with Gasteiger partial charge in [0.1, 0.15) is 0 Å². The topological polar surface area (TPSA) is 27.0 Å². The van der Waals surface area contributed by atoms with E-state index in [0.717, 1.165) is 14.0 Å².